The van der Waals surface area contributed by atoms with Gasteiger partial charge in [-0.05, 0) is 27.7 Å². The van der Waals surface area contributed by atoms with Crippen molar-refractivity contribution < 1.29 is 28.8 Å². The van der Waals surface area contributed by atoms with Gasteiger partial charge in [0.2, 0.25) is 0 Å². The summed E-state index contributed by atoms with van der Waals surface area (Å²) < 4.78 is 22.4. The van der Waals surface area contributed by atoms with E-state index in [1.54, 1.807) is 27.7 Å². The third kappa shape index (κ3) is 2.73. The molecule has 0 saturated carbocycles. The molecule has 1 N–H and O–H groups in total. The molecule has 0 unspecified atom stereocenters. The number of aliphatic hydroxyl groups is 1. The summed E-state index contributed by atoms with van der Waals surface area (Å²) in [7, 11) is 0. The highest BCUT2D eigenvalue weighted by Crippen LogP contribution is 2.35. The second kappa shape index (κ2) is 4.54. The van der Waals surface area contributed by atoms with Crippen molar-refractivity contribution in [1.29, 1.82) is 0 Å². The molecule has 2 aliphatic rings. The zero-order chi connectivity index (χ0) is 13.6. The smallest absolute Gasteiger partial charge is 0.189 e. The molecule has 0 aliphatic carbocycles. The Morgan fingerprint density at radius 3 is 2.33 bits per heavy atom. The zero-order valence-corrected chi connectivity index (χ0v) is 11.1. The van der Waals surface area contributed by atoms with Crippen LogP contribution < -0.4 is 0 Å². The van der Waals surface area contributed by atoms with Gasteiger partial charge in [0.25, 0.3) is 0 Å². The molecule has 0 radical (unpaired) electrons. The second-order valence-corrected chi connectivity index (χ2v) is 5.51. The molecule has 2 rings (SSSR count). The Balaban J connectivity index is 2.12. The third-order valence-corrected chi connectivity index (χ3v) is 3.00. The van der Waals surface area contributed by atoms with Crippen LogP contribution in [0.2, 0.25) is 0 Å². The molecule has 2 fully saturated rings. The zero-order valence-electron chi connectivity index (χ0n) is 11.1. The van der Waals surface area contributed by atoms with Crippen LogP contribution in [0.15, 0.2) is 0 Å². The van der Waals surface area contributed by atoms with Crippen LogP contribution in [0.4, 0.5) is 0 Å². The van der Waals surface area contributed by atoms with Crippen LogP contribution in [0.5, 0.6) is 0 Å². The summed E-state index contributed by atoms with van der Waals surface area (Å²) in [6, 6.07) is 0. The number of hydrogen-bond donors (Lipinski definition) is 1. The average molecular weight is 260 g/mol. The van der Waals surface area contributed by atoms with Crippen LogP contribution in [0.3, 0.4) is 0 Å². The molecular weight excluding hydrogens is 240 g/mol. The summed E-state index contributed by atoms with van der Waals surface area (Å²) >= 11 is 0. The maximum absolute atomic E-state index is 11.7. The first-order valence-corrected chi connectivity index (χ1v) is 6.05. The monoisotopic (exact) mass is 260 g/mol. The van der Waals surface area contributed by atoms with Crippen LogP contribution in [-0.2, 0) is 23.7 Å². The normalized spacial score (nSPS) is 37.9. The van der Waals surface area contributed by atoms with Crippen molar-refractivity contribution >= 4 is 5.78 Å². The van der Waals surface area contributed by atoms with Crippen LogP contribution in [0.25, 0.3) is 0 Å². The summed E-state index contributed by atoms with van der Waals surface area (Å²) in [5.74, 6) is -1.96. The number of carbonyl (C=O) groups is 1. The molecule has 104 valence electrons. The fraction of sp³-hybridized carbons (Fsp3) is 0.917. The Labute approximate surface area is 106 Å². The second-order valence-electron chi connectivity index (χ2n) is 5.51. The Hall–Kier alpha value is -0.530. The van der Waals surface area contributed by atoms with Gasteiger partial charge < -0.3 is 24.1 Å². The standard InChI is InChI=1S/C12H20O6/c1-11(2)15-6-8(16-11)10-9(7(14)5-13)17-12(3,4)18-10/h8-10,13H,5-6H2,1-4H3/t8-,9+,10+/m0/s1. The molecule has 2 aliphatic heterocycles. The number of hydrogen-bond acceptors (Lipinski definition) is 6. The predicted octanol–water partition coefficient (Wildman–Crippen LogP) is 0.219. The molecule has 0 aromatic heterocycles. The first-order chi connectivity index (χ1) is 8.24. The lowest BCUT2D eigenvalue weighted by Crippen LogP contribution is -2.43. The molecule has 0 bridgehead atoms. The number of Topliss-reactive ketones (excluding diaryl/α,β-unsaturated/α-hetero) is 1. The molecule has 6 nitrogen and oxygen atoms in total. The highest BCUT2D eigenvalue weighted by atomic mass is 16.8. The maximum atomic E-state index is 11.7. The van der Waals surface area contributed by atoms with E-state index in [1.165, 1.54) is 0 Å². The molecule has 6 heteroatoms. The summed E-state index contributed by atoms with van der Waals surface area (Å²) in [4.78, 5) is 11.7. The highest BCUT2D eigenvalue weighted by Gasteiger charge is 2.51. The van der Waals surface area contributed by atoms with E-state index in [2.05, 4.69) is 0 Å². The number of aliphatic hydroxyl groups excluding tert-OH is 1. The minimum Gasteiger partial charge on any atom is -0.388 e. The van der Waals surface area contributed by atoms with Crippen LogP contribution in [-0.4, -0.2) is 54.0 Å². The van der Waals surface area contributed by atoms with Gasteiger partial charge in [0, 0.05) is 0 Å². The Morgan fingerprint density at radius 2 is 1.83 bits per heavy atom. The van der Waals surface area contributed by atoms with Crippen molar-refractivity contribution in [2.24, 2.45) is 0 Å². The largest absolute Gasteiger partial charge is 0.388 e. The minimum atomic E-state index is -0.865. The van der Waals surface area contributed by atoms with E-state index in [0.29, 0.717) is 6.61 Å². The van der Waals surface area contributed by atoms with E-state index in [4.69, 9.17) is 24.1 Å². The van der Waals surface area contributed by atoms with Gasteiger partial charge >= 0.3 is 0 Å². The van der Waals surface area contributed by atoms with E-state index in [9.17, 15) is 4.79 Å². The molecule has 0 amide bonds. The highest BCUT2D eigenvalue weighted by molar-refractivity contribution is 5.85. The van der Waals surface area contributed by atoms with Crippen LogP contribution in [0.1, 0.15) is 27.7 Å². The lowest BCUT2D eigenvalue weighted by Gasteiger charge is -2.23. The number of carbonyl (C=O) groups excluding carboxylic acids is 1. The summed E-state index contributed by atoms with van der Waals surface area (Å²) in [5, 5.41) is 8.97. The van der Waals surface area contributed by atoms with Gasteiger partial charge in [-0.2, -0.15) is 0 Å². The van der Waals surface area contributed by atoms with E-state index in [-0.39, 0.29) is 6.10 Å². The van der Waals surface area contributed by atoms with Gasteiger partial charge in [0.15, 0.2) is 23.5 Å². The molecule has 2 saturated heterocycles. The van der Waals surface area contributed by atoms with Crippen molar-refractivity contribution in [2.45, 2.75) is 57.6 Å². The summed E-state index contributed by atoms with van der Waals surface area (Å²) in [5.41, 5.74) is 0. The Bertz CT molecular complexity index is 337. The lowest BCUT2D eigenvalue weighted by molar-refractivity contribution is -0.175. The van der Waals surface area contributed by atoms with Crippen molar-refractivity contribution in [2.75, 3.05) is 13.2 Å². The van der Waals surface area contributed by atoms with Gasteiger partial charge in [0.05, 0.1) is 6.61 Å². The molecular formula is C12H20O6. The topological polar surface area (TPSA) is 74.2 Å². The van der Waals surface area contributed by atoms with E-state index in [0.717, 1.165) is 0 Å². The van der Waals surface area contributed by atoms with Gasteiger partial charge in [0.1, 0.15) is 18.8 Å². The van der Waals surface area contributed by atoms with Crippen molar-refractivity contribution in [1.82, 2.24) is 0 Å². The van der Waals surface area contributed by atoms with Crippen molar-refractivity contribution in [3.63, 3.8) is 0 Å². The SMILES string of the molecule is CC1(C)OC[C@@H]([C@H]2OC(C)(C)O[C@@H]2C(=O)CO)O1. The first kappa shape index (κ1) is 13.9. The van der Waals surface area contributed by atoms with Gasteiger partial charge in [-0.1, -0.05) is 0 Å². The maximum Gasteiger partial charge on any atom is 0.189 e. The first-order valence-electron chi connectivity index (χ1n) is 6.05. The molecule has 0 spiro atoms. The van der Waals surface area contributed by atoms with Crippen LogP contribution >= 0.6 is 0 Å². The molecule has 0 aromatic carbocycles. The van der Waals surface area contributed by atoms with Crippen molar-refractivity contribution in [3.05, 3.63) is 0 Å². The van der Waals surface area contributed by atoms with Gasteiger partial charge in [-0.3, -0.25) is 4.79 Å². The minimum absolute atomic E-state index is 0.340. The van der Waals surface area contributed by atoms with Crippen molar-refractivity contribution in [3.8, 4) is 0 Å². The van der Waals surface area contributed by atoms with Gasteiger partial charge in [-0.15, -0.1) is 0 Å². The summed E-state index contributed by atoms with van der Waals surface area (Å²) in [6.07, 6.45) is -1.74. The fourth-order valence-electron chi connectivity index (χ4n) is 2.28. The van der Waals surface area contributed by atoms with Gasteiger partial charge in [-0.25, -0.2) is 0 Å². The number of rotatable bonds is 3. The predicted molar refractivity (Wildman–Crippen MR) is 60.8 cm³/mol. The fourth-order valence-corrected chi connectivity index (χ4v) is 2.28. The lowest BCUT2D eigenvalue weighted by atomic mass is 10.1. The van der Waals surface area contributed by atoms with E-state index >= 15 is 0 Å². The molecule has 2 heterocycles. The van der Waals surface area contributed by atoms with E-state index in [1.807, 2.05) is 0 Å². The Kier molecular flexibility index (Phi) is 3.50. The van der Waals surface area contributed by atoms with E-state index < -0.39 is 36.2 Å². The van der Waals surface area contributed by atoms with Crippen LogP contribution in [0, 0.1) is 0 Å². The number of ketones is 1. The molecule has 3 atom stereocenters. The Morgan fingerprint density at radius 1 is 1.17 bits per heavy atom. The average Bonchev–Trinajstić information content (AvgIpc) is 2.77. The molecule has 0 aromatic rings. The third-order valence-electron chi connectivity index (χ3n) is 3.00. The summed E-state index contributed by atoms with van der Waals surface area (Å²) in [6.45, 7) is 6.83. The quantitative estimate of drug-likeness (QED) is 0.782. The molecule has 18 heavy (non-hydrogen) atoms. The number of ether oxygens (including phenoxy) is 4.